The maximum Gasteiger partial charge on any atom is 0.416 e. The van der Waals surface area contributed by atoms with E-state index < -0.39 is 17.2 Å². The van der Waals surface area contributed by atoms with E-state index in [9.17, 15) is 22.8 Å². The average molecular weight is 416 g/mol. The highest BCUT2D eigenvalue weighted by Crippen LogP contribution is 2.48. The molecule has 1 N–H and O–H groups in total. The number of alkyl halides is 3. The molecule has 0 aliphatic carbocycles. The summed E-state index contributed by atoms with van der Waals surface area (Å²) >= 11 is 0. The monoisotopic (exact) mass is 416 g/mol. The fourth-order valence-electron chi connectivity index (χ4n) is 4.81. The molecule has 2 aliphatic heterocycles. The number of nitrogens with one attached hydrogen (secondary N) is 1. The summed E-state index contributed by atoms with van der Waals surface area (Å²) in [6.45, 7) is 1.36. The fraction of sp³-hybridized carbons (Fsp3) is 0.391. The van der Waals surface area contributed by atoms with Gasteiger partial charge in [0.2, 0.25) is 5.91 Å². The van der Waals surface area contributed by atoms with Crippen LogP contribution in [0.2, 0.25) is 0 Å². The van der Waals surface area contributed by atoms with Crippen molar-refractivity contribution in [1.82, 2.24) is 5.32 Å². The molecule has 30 heavy (non-hydrogen) atoms. The molecule has 1 amide bonds. The van der Waals surface area contributed by atoms with Gasteiger partial charge in [-0.1, -0.05) is 30.3 Å². The predicted molar refractivity (Wildman–Crippen MR) is 108 cm³/mol. The Hall–Kier alpha value is -2.67. The third-order valence-electron chi connectivity index (χ3n) is 6.30. The van der Waals surface area contributed by atoms with Crippen molar-refractivity contribution in [2.75, 3.05) is 25.0 Å². The molecule has 2 aromatic rings. The lowest BCUT2D eigenvalue weighted by Gasteiger charge is -2.33. The van der Waals surface area contributed by atoms with Crippen molar-refractivity contribution in [2.45, 2.75) is 37.3 Å². The van der Waals surface area contributed by atoms with Crippen molar-refractivity contribution in [3.8, 4) is 0 Å². The second-order valence-corrected chi connectivity index (χ2v) is 7.97. The molecule has 0 saturated carbocycles. The summed E-state index contributed by atoms with van der Waals surface area (Å²) < 4.78 is 39.8. The van der Waals surface area contributed by atoms with Crippen molar-refractivity contribution in [3.63, 3.8) is 0 Å². The first kappa shape index (κ1) is 20.6. The van der Waals surface area contributed by atoms with Gasteiger partial charge in [-0.15, -0.1) is 0 Å². The molecular weight excluding hydrogens is 393 g/mol. The Morgan fingerprint density at radius 3 is 2.50 bits per heavy atom. The van der Waals surface area contributed by atoms with Crippen LogP contribution in [0, 0.1) is 0 Å². The molecule has 1 saturated heterocycles. The Morgan fingerprint density at radius 1 is 1.10 bits per heavy atom. The highest BCUT2D eigenvalue weighted by molar-refractivity contribution is 6.12. The molecule has 2 aromatic carbocycles. The van der Waals surface area contributed by atoms with Crippen LogP contribution in [0.15, 0.2) is 42.5 Å². The van der Waals surface area contributed by atoms with Gasteiger partial charge in [0.05, 0.1) is 11.0 Å². The van der Waals surface area contributed by atoms with Gasteiger partial charge in [-0.2, -0.15) is 13.2 Å². The smallest absolute Gasteiger partial charge is 0.317 e. The van der Waals surface area contributed by atoms with E-state index in [1.165, 1.54) is 12.1 Å². The number of ketones is 1. The van der Waals surface area contributed by atoms with E-state index in [1.54, 1.807) is 30.1 Å². The van der Waals surface area contributed by atoms with E-state index in [1.807, 2.05) is 6.07 Å². The van der Waals surface area contributed by atoms with E-state index >= 15 is 0 Å². The van der Waals surface area contributed by atoms with Gasteiger partial charge >= 0.3 is 6.18 Å². The molecular formula is C23H23F3N2O2. The number of fused-ring (bicyclic) bond motifs is 2. The van der Waals surface area contributed by atoms with Gasteiger partial charge in [-0.3, -0.25) is 9.59 Å². The van der Waals surface area contributed by atoms with E-state index in [0.29, 0.717) is 31.5 Å². The Kier molecular flexibility index (Phi) is 5.18. The summed E-state index contributed by atoms with van der Waals surface area (Å²) in [5, 5.41) is 3.26. The minimum absolute atomic E-state index is 0.00345. The summed E-state index contributed by atoms with van der Waals surface area (Å²) in [4.78, 5) is 27.9. The highest BCUT2D eigenvalue weighted by atomic mass is 19.4. The maximum absolute atomic E-state index is 13.3. The lowest BCUT2D eigenvalue weighted by molar-refractivity contribution is -0.138. The molecule has 0 aromatic heterocycles. The number of rotatable bonds is 4. The topological polar surface area (TPSA) is 49.4 Å². The van der Waals surface area contributed by atoms with Crippen LogP contribution in [-0.4, -0.2) is 31.8 Å². The van der Waals surface area contributed by atoms with Crippen LogP contribution in [0.25, 0.3) is 0 Å². The third kappa shape index (κ3) is 3.31. The second-order valence-electron chi connectivity index (χ2n) is 7.97. The number of piperidine rings is 1. The van der Waals surface area contributed by atoms with Crippen molar-refractivity contribution in [3.05, 3.63) is 64.7 Å². The Balaban J connectivity index is 1.66. The van der Waals surface area contributed by atoms with Crippen LogP contribution in [-0.2, 0) is 22.8 Å². The van der Waals surface area contributed by atoms with Crippen molar-refractivity contribution in [2.24, 2.45) is 0 Å². The number of aryl methyl sites for hydroxylation is 1. The minimum atomic E-state index is -4.46. The second kappa shape index (κ2) is 7.54. The zero-order valence-corrected chi connectivity index (χ0v) is 16.7. The normalized spacial score (nSPS) is 18.0. The molecule has 0 unspecified atom stereocenters. The van der Waals surface area contributed by atoms with Gasteiger partial charge in [0.1, 0.15) is 0 Å². The molecule has 4 rings (SSSR count). The number of likely N-dealkylation sites (N-methyl/N-ethyl adjacent to an activating group) is 1. The summed E-state index contributed by atoms with van der Waals surface area (Å²) in [6.07, 6.45) is -3.30. The van der Waals surface area contributed by atoms with Gasteiger partial charge < -0.3 is 10.2 Å². The number of hydrogen-bond donors (Lipinski definition) is 1. The molecule has 158 valence electrons. The standard InChI is InChI=1S/C23H23F3N2O2/c1-28-18-8-4-6-16(20(18)22(21(28)30)11-13-27-14-12-22)19(29)10-9-15-5-2-3-7-17(15)23(24,25)26/h2-8,27H,9-14H2,1H3. The Morgan fingerprint density at radius 2 is 1.80 bits per heavy atom. The molecule has 0 atom stereocenters. The van der Waals surface area contributed by atoms with Crippen LogP contribution >= 0.6 is 0 Å². The van der Waals surface area contributed by atoms with Crippen LogP contribution in [0.1, 0.15) is 46.3 Å². The predicted octanol–water partition coefficient (Wildman–Crippen LogP) is 4.12. The molecule has 2 aliphatic rings. The summed E-state index contributed by atoms with van der Waals surface area (Å²) in [5.41, 5.74) is 0.593. The number of nitrogens with zero attached hydrogens (tertiary/aromatic N) is 1. The SMILES string of the molecule is CN1C(=O)C2(CCNCC2)c2c(C(=O)CCc3ccccc3C(F)(F)F)cccc21. The fourth-order valence-corrected chi connectivity index (χ4v) is 4.81. The number of anilines is 1. The van der Waals surface area contributed by atoms with Crippen molar-refractivity contribution in [1.29, 1.82) is 0 Å². The van der Waals surface area contributed by atoms with Crippen molar-refractivity contribution < 1.29 is 22.8 Å². The number of carbonyl (C=O) groups excluding carboxylic acids is 2. The van der Waals surface area contributed by atoms with E-state index in [2.05, 4.69) is 5.32 Å². The lowest BCUT2D eigenvalue weighted by Crippen LogP contribution is -2.47. The van der Waals surface area contributed by atoms with Gasteiger partial charge in [-0.05, 0) is 50.0 Å². The molecule has 1 spiro atoms. The number of carbonyl (C=O) groups is 2. The quantitative estimate of drug-likeness (QED) is 0.763. The first-order valence-corrected chi connectivity index (χ1v) is 10.1. The minimum Gasteiger partial charge on any atom is -0.317 e. The summed E-state index contributed by atoms with van der Waals surface area (Å²) in [6, 6.07) is 10.6. The first-order valence-electron chi connectivity index (χ1n) is 10.1. The number of amides is 1. The molecule has 0 bridgehead atoms. The van der Waals surface area contributed by atoms with Crippen LogP contribution < -0.4 is 10.2 Å². The van der Waals surface area contributed by atoms with E-state index in [4.69, 9.17) is 0 Å². The van der Waals surface area contributed by atoms with E-state index in [-0.39, 0.29) is 30.1 Å². The zero-order chi connectivity index (χ0) is 21.5. The van der Waals surface area contributed by atoms with E-state index in [0.717, 1.165) is 17.3 Å². The zero-order valence-electron chi connectivity index (χ0n) is 16.7. The van der Waals surface area contributed by atoms with Crippen LogP contribution in [0.5, 0.6) is 0 Å². The van der Waals surface area contributed by atoms with Crippen LogP contribution in [0.4, 0.5) is 18.9 Å². The maximum atomic E-state index is 13.3. The number of hydrogen-bond acceptors (Lipinski definition) is 3. The molecule has 0 radical (unpaired) electrons. The van der Waals surface area contributed by atoms with Crippen molar-refractivity contribution >= 4 is 17.4 Å². The Labute approximate surface area is 173 Å². The molecule has 7 heteroatoms. The third-order valence-corrected chi connectivity index (χ3v) is 6.30. The number of Topliss-reactive ketones (excluding diaryl/α,β-unsaturated/α-hetero) is 1. The number of benzene rings is 2. The Bertz CT molecular complexity index is 994. The van der Waals surface area contributed by atoms with Gasteiger partial charge in [0.25, 0.3) is 0 Å². The average Bonchev–Trinajstić information content (AvgIpc) is 2.94. The molecule has 1 fully saturated rings. The van der Waals surface area contributed by atoms with Crippen LogP contribution in [0.3, 0.4) is 0 Å². The summed E-state index contributed by atoms with van der Waals surface area (Å²) in [7, 11) is 1.71. The molecule has 2 heterocycles. The molecule has 4 nitrogen and oxygen atoms in total. The highest BCUT2D eigenvalue weighted by Gasteiger charge is 2.51. The lowest BCUT2D eigenvalue weighted by atomic mass is 9.71. The van der Waals surface area contributed by atoms with Gasteiger partial charge in [0, 0.05) is 30.3 Å². The largest absolute Gasteiger partial charge is 0.416 e. The number of halogens is 3. The first-order chi connectivity index (χ1) is 14.3. The van der Waals surface area contributed by atoms with Gasteiger partial charge in [0.15, 0.2) is 5.78 Å². The summed E-state index contributed by atoms with van der Waals surface area (Å²) in [5.74, 6) is -0.244. The van der Waals surface area contributed by atoms with Gasteiger partial charge in [-0.25, -0.2) is 0 Å².